The van der Waals surface area contributed by atoms with Gasteiger partial charge in [-0.1, -0.05) is 26.7 Å². The highest BCUT2D eigenvalue weighted by Gasteiger charge is 2.10. The molecule has 2 rings (SSSR count). The first-order valence-corrected chi connectivity index (χ1v) is 8.97. The Kier molecular flexibility index (Phi) is 7.26. The van der Waals surface area contributed by atoms with Gasteiger partial charge in [-0.25, -0.2) is 0 Å². The molecule has 0 fully saturated rings. The van der Waals surface area contributed by atoms with Gasteiger partial charge in [-0.15, -0.1) is 0 Å². The molecule has 0 aliphatic carbocycles. The summed E-state index contributed by atoms with van der Waals surface area (Å²) in [5, 5.41) is 19.4. The molecule has 2 aromatic rings. The molecular weight excluding hydrogens is 330 g/mol. The van der Waals surface area contributed by atoms with Crippen molar-refractivity contribution in [2.45, 2.75) is 46.5 Å². The lowest BCUT2D eigenvalue weighted by molar-refractivity contribution is -0.385. The van der Waals surface area contributed by atoms with Crippen LogP contribution in [-0.2, 0) is 6.42 Å². The van der Waals surface area contributed by atoms with Gasteiger partial charge in [0.2, 0.25) is 0 Å². The summed E-state index contributed by atoms with van der Waals surface area (Å²) in [6, 6.07) is 10.5. The summed E-state index contributed by atoms with van der Waals surface area (Å²) in [7, 11) is 0. The normalized spacial score (nSPS) is 11.0. The van der Waals surface area contributed by atoms with E-state index in [1.807, 2.05) is 18.2 Å². The van der Waals surface area contributed by atoms with E-state index in [-0.39, 0.29) is 5.69 Å². The van der Waals surface area contributed by atoms with Crippen molar-refractivity contribution in [1.82, 2.24) is 0 Å². The smallest absolute Gasteiger partial charge is 0.272 e. The summed E-state index contributed by atoms with van der Waals surface area (Å²) >= 11 is 0. The van der Waals surface area contributed by atoms with E-state index in [1.165, 1.54) is 6.07 Å². The van der Waals surface area contributed by atoms with Crippen LogP contribution in [0.3, 0.4) is 0 Å². The first-order chi connectivity index (χ1) is 12.5. The van der Waals surface area contributed by atoms with Crippen LogP contribution in [0.4, 0.5) is 17.1 Å². The fourth-order valence-corrected chi connectivity index (χ4v) is 2.58. The van der Waals surface area contributed by atoms with Crippen molar-refractivity contribution < 1.29 is 9.66 Å². The number of rotatable bonds is 9. The van der Waals surface area contributed by atoms with Crippen LogP contribution in [-0.4, -0.2) is 11.5 Å². The maximum absolute atomic E-state index is 10.9. The highest BCUT2D eigenvalue weighted by molar-refractivity contribution is 5.51. The molecule has 0 saturated carbocycles. The van der Waals surface area contributed by atoms with Crippen LogP contribution in [0.5, 0.6) is 5.75 Å². The fourth-order valence-electron chi connectivity index (χ4n) is 2.58. The zero-order chi connectivity index (χ0) is 18.9. The van der Waals surface area contributed by atoms with Gasteiger partial charge in [0.15, 0.2) is 0 Å². The topological polar surface area (TPSA) is 77.1 Å². The van der Waals surface area contributed by atoms with E-state index in [1.54, 1.807) is 19.1 Å². The predicted octanol–water partition coefficient (Wildman–Crippen LogP) is 6.45. The number of aryl methyl sites for hydroxylation is 2. The van der Waals surface area contributed by atoms with Crippen LogP contribution in [0, 0.1) is 17.0 Å². The van der Waals surface area contributed by atoms with Crippen molar-refractivity contribution in [2.24, 2.45) is 10.2 Å². The van der Waals surface area contributed by atoms with Crippen molar-refractivity contribution in [3.05, 3.63) is 57.6 Å². The summed E-state index contributed by atoms with van der Waals surface area (Å²) in [6.07, 6.45) is 4.07. The van der Waals surface area contributed by atoms with Crippen LogP contribution in [0.1, 0.15) is 44.2 Å². The fraction of sp³-hybridized carbons (Fsp3) is 0.400. The van der Waals surface area contributed by atoms with Crippen molar-refractivity contribution in [3.8, 4) is 5.75 Å². The number of benzene rings is 2. The van der Waals surface area contributed by atoms with Gasteiger partial charge in [0.25, 0.3) is 5.69 Å². The highest BCUT2D eigenvalue weighted by Crippen LogP contribution is 2.29. The van der Waals surface area contributed by atoms with E-state index in [2.05, 4.69) is 24.1 Å². The van der Waals surface area contributed by atoms with Gasteiger partial charge in [0.1, 0.15) is 5.75 Å². The Labute approximate surface area is 154 Å². The summed E-state index contributed by atoms with van der Waals surface area (Å²) in [5.74, 6) is 0.908. The summed E-state index contributed by atoms with van der Waals surface area (Å²) < 4.78 is 5.86. The Bertz CT molecular complexity index is 788. The summed E-state index contributed by atoms with van der Waals surface area (Å²) in [4.78, 5) is 10.5. The van der Waals surface area contributed by atoms with Crippen molar-refractivity contribution in [3.63, 3.8) is 0 Å². The van der Waals surface area contributed by atoms with E-state index in [0.717, 1.165) is 49.3 Å². The van der Waals surface area contributed by atoms with Crippen LogP contribution in [0.2, 0.25) is 0 Å². The molecule has 0 radical (unpaired) electrons. The number of hydrogen-bond donors (Lipinski definition) is 0. The maximum atomic E-state index is 10.9. The molecule has 0 saturated heterocycles. The number of unbranched alkanes of at least 4 members (excludes halogenated alkanes) is 1. The molecule has 2 aromatic carbocycles. The lowest BCUT2D eigenvalue weighted by Crippen LogP contribution is -1.99. The Morgan fingerprint density at radius 3 is 2.35 bits per heavy atom. The molecule has 0 aliphatic rings. The minimum absolute atomic E-state index is 0.0859. The molecule has 0 amide bonds. The Morgan fingerprint density at radius 2 is 1.73 bits per heavy atom. The van der Waals surface area contributed by atoms with E-state index >= 15 is 0 Å². The number of azo groups is 1. The van der Waals surface area contributed by atoms with E-state index in [4.69, 9.17) is 4.74 Å². The lowest BCUT2D eigenvalue weighted by Gasteiger charge is -2.11. The third-order valence-corrected chi connectivity index (χ3v) is 3.98. The molecule has 0 bridgehead atoms. The van der Waals surface area contributed by atoms with E-state index in [0.29, 0.717) is 11.3 Å². The molecule has 6 nitrogen and oxygen atoms in total. The predicted molar refractivity (Wildman–Crippen MR) is 103 cm³/mol. The zero-order valence-corrected chi connectivity index (χ0v) is 15.6. The van der Waals surface area contributed by atoms with Gasteiger partial charge in [-0.05, 0) is 55.7 Å². The number of ether oxygens (including phenoxy) is 1. The highest BCUT2D eigenvalue weighted by atomic mass is 16.6. The molecule has 6 heteroatoms. The molecular formula is C20H25N3O3. The quantitative estimate of drug-likeness (QED) is 0.224. The molecule has 0 N–H and O–H groups in total. The summed E-state index contributed by atoms with van der Waals surface area (Å²) in [6.45, 7) is 6.68. The standard InChI is InChI=1S/C20H25N3O3/c1-4-6-12-26-20-11-9-18(14-16(20)7-5-2)22-21-17-8-10-19(23(24)25)15(3)13-17/h8-11,13-14H,4-7,12H2,1-3H3. The third-order valence-electron chi connectivity index (χ3n) is 3.98. The van der Waals surface area contributed by atoms with E-state index in [9.17, 15) is 10.1 Å². The SMILES string of the molecule is CCCCOc1ccc(N=Nc2ccc([N+](=O)[O-])c(C)c2)cc1CCC. The first-order valence-electron chi connectivity index (χ1n) is 8.97. The minimum Gasteiger partial charge on any atom is -0.493 e. The van der Waals surface area contributed by atoms with Crippen molar-refractivity contribution >= 4 is 17.1 Å². The van der Waals surface area contributed by atoms with Gasteiger partial charge < -0.3 is 4.74 Å². The van der Waals surface area contributed by atoms with Gasteiger partial charge in [0.05, 0.1) is 22.9 Å². The number of hydrogen-bond acceptors (Lipinski definition) is 5. The Hall–Kier alpha value is -2.76. The van der Waals surface area contributed by atoms with Crippen molar-refractivity contribution in [2.75, 3.05) is 6.61 Å². The first kappa shape index (κ1) is 19.6. The van der Waals surface area contributed by atoms with Gasteiger partial charge in [-0.2, -0.15) is 10.2 Å². The number of nitro benzene ring substituents is 1. The van der Waals surface area contributed by atoms with Crippen LogP contribution >= 0.6 is 0 Å². The molecule has 0 heterocycles. The number of nitrogens with zero attached hydrogens (tertiary/aromatic N) is 3. The molecule has 0 atom stereocenters. The van der Waals surface area contributed by atoms with Gasteiger partial charge in [-0.3, -0.25) is 10.1 Å². The van der Waals surface area contributed by atoms with E-state index < -0.39 is 4.92 Å². The zero-order valence-electron chi connectivity index (χ0n) is 15.6. The van der Waals surface area contributed by atoms with Crippen LogP contribution in [0.15, 0.2) is 46.6 Å². The second-order valence-electron chi connectivity index (χ2n) is 6.17. The van der Waals surface area contributed by atoms with Crippen LogP contribution < -0.4 is 4.74 Å². The average molecular weight is 355 g/mol. The molecule has 0 spiro atoms. The monoisotopic (exact) mass is 355 g/mol. The molecule has 0 aromatic heterocycles. The maximum Gasteiger partial charge on any atom is 0.272 e. The van der Waals surface area contributed by atoms with Gasteiger partial charge >= 0.3 is 0 Å². The average Bonchev–Trinajstić information content (AvgIpc) is 2.61. The van der Waals surface area contributed by atoms with Crippen LogP contribution in [0.25, 0.3) is 0 Å². The summed E-state index contributed by atoms with van der Waals surface area (Å²) in [5.41, 5.74) is 3.11. The molecule has 26 heavy (non-hydrogen) atoms. The minimum atomic E-state index is -0.398. The van der Waals surface area contributed by atoms with Gasteiger partial charge in [0, 0.05) is 11.6 Å². The second kappa shape index (κ2) is 9.65. The van der Waals surface area contributed by atoms with Crippen molar-refractivity contribution in [1.29, 1.82) is 0 Å². The Balaban J connectivity index is 2.17. The number of nitro groups is 1. The second-order valence-corrected chi connectivity index (χ2v) is 6.17. The largest absolute Gasteiger partial charge is 0.493 e. The molecule has 0 unspecified atom stereocenters. The molecule has 0 aliphatic heterocycles. The lowest BCUT2D eigenvalue weighted by atomic mass is 10.1. The third kappa shape index (κ3) is 5.37. The Morgan fingerprint density at radius 1 is 1.04 bits per heavy atom. The molecule has 138 valence electrons.